The Bertz CT molecular complexity index is 368. The lowest BCUT2D eigenvalue weighted by molar-refractivity contribution is -0.131. The summed E-state index contributed by atoms with van der Waals surface area (Å²) in [6, 6.07) is 0.310. The first-order valence-electron chi connectivity index (χ1n) is 4.31. The summed E-state index contributed by atoms with van der Waals surface area (Å²) in [6.07, 6.45) is 5.01. The predicted molar refractivity (Wildman–Crippen MR) is 55.7 cm³/mol. The number of hydrogen-bond donors (Lipinski definition) is 0. The fourth-order valence-electron chi connectivity index (χ4n) is 1.45. The van der Waals surface area contributed by atoms with Crippen LogP contribution in [0, 0.1) is 0 Å². The summed E-state index contributed by atoms with van der Waals surface area (Å²) in [5.41, 5.74) is 0. The molecule has 1 aromatic heterocycles. The number of hydrogen-bond acceptors (Lipinski definition) is 2. The third kappa shape index (κ3) is 1.59. The molecule has 1 saturated heterocycles. The highest BCUT2D eigenvalue weighted by Gasteiger charge is 2.30. The molecule has 1 aromatic rings. The SMILES string of the molecule is C=CC(=O)N1CC(n2cc(Br)cn2)C1. The van der Waals surface area contributed by atoms with Crippen LogP contribution in [-0.4, -0.2) is 33.7 Å². The fourth-order valence-corrected chi connectivity index (χ4v) is 1.75. The summed E-state index contributed by atoms with van der Waals surface area (Å²) >= 11 is 3.33. The second kappa shape index (κ2) is 3.57. The van der Waals surface area contributed by atoms with Gasteiger partial charge in [0.15, 0.2) is 0 Å². The summed E-state index contributed by atoms with van der Waals surface area (Å²) in [5, 5.41) is 4.16. The van der Waals surface area contributed by atoms with E-state index in [-0.39, 0.29) is 5.91 Å². The number of halogens is 1. The quantitative estimate of drug-likeness (QED) is 0.746. The minimum atomic E-state index is -0.00697. The molecule has 1 amide bonds. The van der Waals surface area contributed by atoms with E-state index in [1.807, 2.05) is 10.9 Å². The Kier molecular flexibility index (Phi) is 2.41. The van der Waals surface area contributed by atoms with Crippen molar-refractivity contribution < 1.29 is 4.79 Å². The Morgan fingerprint density at radius 3 is 2.93 bits per heavy atom. The van der Waals surface area contributed by atoms with Gasteiger partial charge in [-0.15, -0.1) is 0 Å². The maximum Gasteiger partial charge on any atom is 0.246 e. The van der Waals surface area contributed by atoms with Crippen LogP contribution >= 0.6 is 15.9 Å². The topological polar surface area (TPSA) is 38.1 Å². The number of aromatic nitrogens is 2. The van der Waals surface area contributed by atoms with Crippen molar-refractivity contribution in [3.8, 4) is 0 Å². The van der Waals surface area contributed by atoms with Crippen LogP contribution in [0.15, 0.2) is 29.5 Å². The first-order valence-corrected chi connectivity index (χ1v) is 5.11. The molecule has 5 heteroatoms. The van der Waals surface area contributed by atoms with Crippen molar-refractivity contribution in [1.82, 2.24) is 14.7 Å². The minimum Gasteiger partial charge on any atom is -0.335 e. The highest BCUT2D eigenvalue weighted by molar-refractivity contribution is 9.10. The van der Waals surface area contributed by atoms with E-state index < -0.39 is 0 Å². The molecule has 0 spiro atoms. The lowest BCUT2D eigenvalue weighted by Crippen LogP contribution is -2.50. The second-order valence-corrected chi connectivity index (χ2v) is 4.16. The Balaban J connectivity index is 1.95. The van der Waals surface area contributed by atoms with Gasteiger partial charge in [0.25, 0.3) is 0 Å². The number of nitrogens with zero attached hydrogens (tertiary/aromatic N) is 3. The molecule has 0 saturated carbocycles. The normalized spacial score (nSPS) is 16.5. The van der Waals surface area contributed by atoms with Crippen molar-refractivity contribution in [3.63, 3.8) is 0 Å². The maximum atomic E-state index is 11.1. The average molecular weight is 256 g/mol. The fraction of sp³-hybridized carbons (Fsp3) is 0.333. The average Bonchev–Trinajstić information content (AvgIpc) is 2.49. The number of carbonyl (C=O) groups excluding carboxylic acids is 1. The van der Waals surface area contributed by atoms with Gasteiger partial charge in [0.2, 0.25) is 5.91 Å². The number of likely N-dealkylation sites (tertiary alicyclic amines) is 1. The van der Waals surface area contributed by atoms with E-state index in [9.17, 15) is 4.79 Å². The molecule has 0 unspecified atom stereocenters. The molecule has 2 heterocycles. The van der Waals surface area contributed by atoms with Gasteiger partial charge in [-0.05, 0) is 22.0 Å². The third-order valence-corrected chi connectivity index (χ3v) is 2.70. The van der Waals surface area contributed by atoms with Gasteiger partial charge in [-0.2, -0.15) is 5.10 Å². The smallest absolute Gasteiger partial charge is 0.246 e. The highest BCUT2D eigenvalue weighted by atomic mass is 79.9. The van der Waals surface area contributed by atoms with E-state index in [4.69, 9.17) is 0 Å². The third-order valence-electron chi connectivity index (χ3n) is 2.29. The van der Waals surface area contributed by atoms with Gasteiger partial charge in [-0.3, -0.25) is 9.48 Å². The molecule has 1 aliphatic heterocycles. The zero-order chi connectivity index (χ0) is 10.1. The van der Waals surface area contributed by atoms with Crippen LogP contribution in [0.2, 0.25) is 0 Å². The molecule has 0 radical (unpaired) electrons. The summed E-state index contributed by atoms with van der Waals surface area (Å²) < 4.78 is 2.84. The van der Waals surface area contributed by atoms with E-state index in [0.29, 0.717) is 6.04 Å². The van der Waals surface area contributed by atoms with Crippen molar-refractivity contribution in [3.05, 3.63) is 29.5 Å². The Labute approximate surface area is 90.3 Å². The molecule has 1 aliphatic rings. The molecule has 4 nitrogen and oxygen atoms in total. The van der Waals surface area contributed by atoms with E-state index in [1.54, 1.807) is 11.1 Å². The second-order valence-electron chi connectivity index (χ2n) is 3.24. The van der Waals surface area contributed by atoms with Crippen LogP contribution in [0.4, 0.5) is 0 Å². The monoisotopic (exact) mass is 255 g/mol. The van der Waals surface area contributed by atoms with Crippen molar-refractivity contribution >= 4 is 21.8 Å². The minimum absolute atomic E-state index is 0.00697. The highest BCUT2D eigenvalue weighted by Crippen LogP contribution is 2.21. The van der Waals surface area contributed by atoms with Crippen molar-refractivity contribution in [1.29, 1.82) is 0 Å². The van der Waals surface area contributed by atoms with Crippen molar-refractivity contribution in [2.75, 3.05) is 13.1 Å². The van der Waals surface area contributed by atoms with Gasteiger partial charge < -0.3 is 4.90 Å². The van der Waals surface area contributed by atoms with E-state index in [2.05, 4.69) is 27.6 Å². The van der Waals surface area contributed by atoms with E-state index >= 15 is 0 Å². The predicted octanol–water partition coefficient (Wildman–Crippen LogP) is 1.21. The largest absolute Gasteiger partial charge is 0.335 e. The molecule has 1 fully saturated rings. The summed E-state index contributed by atoms with van der Waals surface area (Å²) in [4.78, 5) is 12.9. The first kappa shape index (κ1) is 9.45. The van der Waals surface area contributed by atoms with Crippen molar-refractivity contribution in [2.24, 2.45) is 0 Å². The van der Waals surface area contributed by atoms with Gasteiger partial charge in [-0.25, -0.2) is 0 Å². The van der Waals surface area contributed by atoms with E-state index in [1.165, 1.54) is 6.08 Å². The molecular weight excluding hydrogens is 246 g/mol. The zero-order valence-electron chi connectivity index (χ0n) is 7.56. The van der Waals surface area contributed by atoms with Crippen LogP contribution in [0.3, 0.4) is 0 Å². The van der Waals surface area contributed by atoms with Crippen molar-refractivity contribution in [2.45, 2.75) is 6.04 Å². The molecule has 2 rings (SSSR count). The lowest BCUT2D eigenvalue weighted by Gasteiger charge is -2.38. The lowest BCUT2D eigenvalue weighted by atomic mass is 10.1. The molecule has 0 bridgehead atoms. The van der Waals surface area contributed by atoms with Gasteiger partial charge in [0, 0.05) is 19.3 Å². The molecule has 14 heavy (non-hydrogen) atoms. The number of carbonyl (C=O) groups is 1. The Morgan fingerprint density at radius 2 is 2.43 bits per heavy atom. The molecular formula is C9H10BrN3O. The molecule has 74 valence electrons. The molecule has 0 N–H and O–H groups in total. The van der Waals surface area contributed by atoms with Crippen LogP contribution in [0.25, 0.3) is 0 Å². The number of rotatable bonds is 2. The van der Waals surface area contributed by atoms with E-state index in [0.717, 1.165) is 17.6 Å². The van der Waals surface area contributed by atoms with Crippen LogP contribution < -0.4 is 0 Å². The van der Waals surface area contributed by atoms with Gasteiger partial charge in [0.05, 0.1) is 16.7 Å². The Hall–Kier alpha value is -1.10. The number of amides is 1. The zero-order valence-corrected chi connectivity index (χ0v) is 9.14. The van der Waals surface area contributed by atoms with Gasteiger partial charge in [0.1, 0.15) is 0 Å². The Morgan fingerprint density at radius 1 is 1.71 bits per heavy atom. The summed E-state index contributed by atoms with van der Waals surface area (Å²) in [6.45, 7) is 4.89. The van der Waals surface area contributed by atoms with Gasteiger partial charge in [-0.1, -0.05) is 6.58 Å². The molecule has 0 aliphatic carbocycles. The van der Waals surface area contributed by atoms with Crippen LogP contribution in [0.5, 0.6) is 0 Å². The first-order chi connectivity index (χ1) is 6.70. The van der Waals surface area contributed by atoms with Gasteiger partial charge >= 0.3 is 0 Å². The summed E-state index contributed by atoms with van der Waals surface area (Å²) in [5.74, 6) is -0.00697. The maximum absolute atomic E-state index is 11.1. The van der Waals surface area contributed by atoms with Crippen LogP contribution in [0.1, 0.15) is 6.04 Å². The molecule has 0 aromatic carbocycles. The summed E-state index contributed by atoms with van der Waals surface area (Å²) in [7, 11) is 0. The van der Waals surface area contributed by atoms with Crippen LogP contribution in [-0.2, 0) is 4.79 Å². The standard InChI is InChI=1S/C9H10BrN3O/c1-2-9(14)12-5-8(6-12)13-4-7(10)3-11-13/h2-4,8H,1,5-6H2. The molecule has 0 atom stereocenters.